The van der Waals surface area contributed by atoms with Crippen molar-refractivity contribution in [1.82, 2.24) is 0 Å². The Balaban J connectivity index is 3.60. The minimum absolute atomic E-state index is 0.133. The number of carboxylic acids is 1. The van der Waals surface area contributed by atoms with E-state index in [9.17, 15) is 9.59 Å². The maximum absolute atomic E-state index is 10.6. The van der Waals surface area contributed by atoms with Gasteiger partial charge in [0.15, 0.2) is 0 Å². The fourth-order valence-corrected chi connectivity index (χ4v) is 0.595. The summed E-state index contributed by atoms with van der Waals surface area (Å²) in [5.41, 5.74) is 0. The quantitative estimate of drug-likeness (QED) is 0.618. The smallest absolute Gasteiger partial charge is 0.307 e. The van der Waals surface area contributed by atoms with Gasteiger partial charge in [-0.2, -0.15) is 0 Å². The minimum Gasteiger partial charge on any atom is -0.481 e. The first-order valence-corrected chi connectivity index (χ1v) is 3.47. The second kappa shape index (κ2) is 4.71. The van der Waals surface area contributed by atoms with Gasteiger partial charge in [0.25, 0.3) is 0 Å². The molecule has 0 fully saturated rings. The number of carbonyl (C=O) groups excluding carboxylic acids is 1. The second-order valence-electron chi connectivity index (χ2n) is 2.25. The Morgan fingerprint density at radius 3 is 2.45 bits per heavy atom. The molecular formula is C7H12O4. The van der Waals surface area contributed by atoms with Crippen molar-refractivity contribution >= 4 is 11.9 Å². The van der Waals surface area contributed by atoms with Gasteiger partial charge in [-0.15, -0.1) is 0 Å². The van der Waals surface area contributed by atoms with Crippen molar-refractivity contribution < 1.29 is 19.4 Å². The van der Waals surface area contributed by atoms with Crippen LogP contribution in [0.5, 0.6) is 0 Å². The van der Waals surface area contributed by atoms with Crippen LogP contribution in [-0.4, -0.2) is 23.1 Å². The Labute approximate surface area is 65.2 Å². The van der Waals surface area contributed by atoms with Crippen molar-refractivity contribution in [3.8, 4) is 0 Å². The summed E-state index contributed by atoms with van der Waals surface area (Å²) in [7, 11) is 0. The molecule has 0 aromatic carbocycles. The summed E-state index contributed by atoms with van der Waals surface area (Å²) in [6, 6.07) is 0. The Morgan fingerprint density at radius 2 is 2.09 bits per heavy atom. The molecule has 0 amide bonds. The van der Waals surface area contributed by atoms with Crippen LogP contribution in [0.15, 0.2) is 0 Å². The molecule has 0 saturated carbocycles. The van der Waals surface area contributed by atoms with Crippen LogP contribution in [-0.2, 0) is 14.3 Å². The fraction of sp³-hybridized carbons (Fsp3) is 0.714. The third-order valence-corrected chi connectivity index (χ3v) is 1.08. The Hall–Kier alpha value is -1.06. The molecule has 0 spiro atoms. The minimum atomic E-state index is -0.957. The molecule has 1 N–H and O–H groups in total. The van der Waals surface area contributed by atoms with Gasteiger partial charge in [-0.25, -0.2) is 0 Å². The zero-order valence-electron chi connectivity index (χ0n) is 6.66. The Kier molecular flexibility index (Phi) is 4.26. The van der Waals surface area contributed by atoms with Crippen molar-refractivity contribution in [2.24, 2.45) is 0 Å². The summed E-state index contributed by atoms with van der Waals surface area (Å²) in [5.74, 6) is -1.32. The predicted molar refractivity (Wildman–Crippen MR) is 38.1 cm³/mol. The van der Waals surface area contributed by atoms with Crippen molar-refractivity contribution in [1.29, 1.82) is 0 Å². The van der Waals surface area contributed by atoms with E-state index in [0.717, 1.165) is 0 Å². The molecule has 0 radical (unpaired) electrons. The lowest BCUT2D eigenvalue weighted by Gasteiger charge is -2.08. The van der Waals surface area contributed by atoms with E-state index in [0.29, 0.717) is 0 Å². The zero-order valence-corrected chi connectivity index (χ0v) is 6.66. The van der Waals surface area contributed by atoms with Gasteiger partial charge in [0.05, 0.1) is 6.42 Å². The van der Waals surface area contributed by atoms with E-state index in [1.54, 1.807) is 13.8 Å². The van der Waals surface area contributed by atoms with E-state index >= 15 is 0 Å². The first-order chi connectivity index (χ1) is 5.06. The van der Waals surface area contributed by atoms with Crippen LogP contribution in [0.2, 0.25) is 0 Å². The molecule has 0 heterocycles. The van der Waals surface area contributed by atoms with Crippen LogP contribution in [0, 0.1) is 0 Å². The lowest BCUT2D eigenvalue weighted by molar-refractivity contribution is -0.151. The number of carbonyl (C=O) groups is 2. The molecule has 1 atom stereocenters. The molecular weight excluding hydrogens is 148 g/mol. The number of carboxylic acid groups (broad SMARTS) is 1. The van der Waals surface area contributed by atoms with Gasteiger partial charge < -0.3 is 9.84 Å². The lowest BCUT2D eigenvalue weighted by Crippen LogP contribution is -2.17. The number of hydrogen-bond donors (Lipinski definition) is 1. The highest BCUT2D eigenvalue weighted by Gasteiger charge is 2.10. The lowest BCUT2D eigenvalue weighted by atomic mass is 10.3. The SMILES string of the molecule is CCC(=O)OC(C)CC(=O)O. The second-order valence-corrected chi connectivity index (χ2v) is 2.25. The highest BCUT2D eigenvalue weighted by molar-refractivity contribution is 5.71. The van der Waals surface area contributed by atoms with Crippen LogP contribution in [0.4, 0.5) is 0 Å². The molecule has 0 aliphatic rings. The van der Waals surface area contributed by atoms with Crippen LogP contribution in [0.3, 0.4) is 0 Å². The summed E-state index contributed by atoms with van der Waals surface area (Å²) in [5, 5.41) is 8.28. The maximum atomic E-state index is 10.6. The predicted octanol–water partition coefficient (Wildman–Crippen LogP) is 0.803. The highest BCUT2D eigenvalue weighted by Crippen LogP contribution is 1.98. The van der Waals surface area contributed by atoms with Crippen LogP contribution >= 0.6 is 0 Å². The van der Waals surface area contributed by atoms with Crippen molar-refractivity contribution in [2.75, 3.05) is 0 Å². The van der Waals surface area contributed by atoms with E-state index in [1.807, 2.05) is 0 Å². The van der Waals surface area contributed by atoms with E-state index in [-0.39, 0.29) is 18.8 Å². The molecule has 11 heavy (non-hydrogen) atoms. The first-order valence-electron chi connectivity index (χ1n) is 3.47. The van der Waals surface area contributed by atoms with Crippen molar-refractivity contribution in [3.63, 3.8) is 0 Å². The Bertz CT molecular complexity index is 153. The molecule has 4 heteroatoms. The summed E-state index contributed by atoms with van der Waals surface area (Å²) in [6.45, 7) is 3.22. The van der Waals surface area contributed by atoms with E-state index in [1.165, 1.54) is 0 Å². The largest absolute Gasteiger partial charge is 0.481 e. The summed E-state index contributed by atoms with van der Waals surface area (Å²) in [6.07, 6.45) is -0.379. The molecule has 0 saturated heterocycles. The number of hydrogen-bond acceptors (Lipinski definition) is 3. The van der Waals surface area contributed by atoms with Gasteiger partial charge in [0.2, 0.25) is 0 Å². The van der Waals surface area contributed by atoms with E-state index in [2.05, 4.69) is 0 Å². The molecule has 0 aromatic heterocycles. The van der Waals surface area contributed by atoms with Gasteiger partial charge >= 0.3 is 11.9 Å². The highest BCUT2D eigenvalue weighted by atomic mass is 16.5. The molecule has 0 aromatic rings. The van der Waals surface area contributed by atoms with Crippen LogP contribution < -0.4 is 0 Å². The molecule has 4 nitrogen and oxygen atoms in total. The standard InChI is InChI=1S/C7H12O4/c1-3-7(10)11-5(2)4-6(8)9/h5H,3-4H2,1-2H3,(H,8,9). The summed E-state index contributed by atoms with van der Waals surface area (Å²) >= 11 is 0. The normalized spacial score (nSPS) is 12.2. The monoisotopic (exact) mass is 160 g/mol. The van der Waals surface area contributed by atoms with Crippen LogP contribution in [0.25, 0.3) is 0 Å². The average Bonchev–Trinajstić information content (AvgIpc) is 1.85. The van der Waals surface area contributed by atoms with Crippen molar-refractivity contribution in [2.45, 2.75) is 32.8 Å². The number of esters is 1. The van der Waals surface area contributed by atoms with Gasteiger partial charge in [0.1, 0.15) is 6.10 Å². The topological polar surface area (TPSA) is 63.6 Å². The molecule has 0 aliphatic heterocycles. The third-order valence-electron chi connectivity index (χ3n) is 1.08. The average molecular weight is 160 g/mol. The van der Waals surface area contributed by atoms with E-state index in [4.69, 9.17) is 9.84 Å². The first kappa shape index (κ1) is 9.94. The van der Waals surface area contributed by atoms with Crippen molar-refractivity contribution in [3.05, 3.63) is 0 Å². The Morgan fingerprint density at radius 1 is 1.55 bits per heavy atom. The summed E-state index contributed by atoms with van der Waals surface area (Å²) in [4.78, 5) is 20.7. The number of ether oxygens (including phenoxy) is 1. The maximum Gasteiger partial charge on any atom is 0.307 e. The van der Waals surface area contributed by atoms with Gasteiger partial charge in [-0.05, 0) is 6.92 Å². The number of rotatable bonds is 4. The molecule has 64 valence electrons. The van der Waals surface area contributed by atoms with Crippen LogP contribution in [0.1, 0.15) is 26.7 Å². The van der Waals surface area contributed by atoms with E-state index < -0.39 is 12.1 Å². The van der Waals surface area contributed by atoms with Gasteiger partial charge in [-0.3, -0.25) is 9.59 Å². The third kappa shape index (κ3) is 5.39. The number of aliphatic carboxylic acids is 1. The van der Waals surface area contributed by atoms with Gasteiger partial charge in [0, 0.05) is 6.42 Å². The van der Waals surface area contributed by atoms with Gasteiger partial charge in [-0.1, -0.05) is 6.92 Å². The fourth-order valence-electron chi connectivity index (χ4n) is 0.595. The molecule has 0 bridgehead atoms. The zero-order chi connectivity index (χ0) is 8.85. The molecule has 1 unspecified atom stereocenters. The molecule has 0 aliphatic carbocycles. The summed E-state index contributed by atoms with van der Waals surface area (Å²) < 4.78 is 4.69. The molecule has 0 rings (SSSR count).